The Morgan fingerprint density at radius 2 is 2.00 bits per heavy atom. The maximum atomic E-state index is 9.69. The van der Waals surface area contributed by atoms with E-state index in [2.05, 4.69) is 23.9 Å². The van der Waals surface area contributed by atoms with Crippen LogP contribution in [0.4, 0.5) is 0 Å². The fraction of sp³-hybridized carbons (Fsp3) is 0.889. The molecule has 4 heteroatoms. The summed E-state index contributed by atoms with van der Waals surface area (Å²) < 4.78 is 4.44. The van der Waals surface area contributed by atoms with E-state index in [-0.39, 0.29) is 6.61 Å². The zero-order valence-electron chi connectivity index (χ0n) is 8.75. The molecule has 0 aromatic carbocycles. The summed E-state index contributed by atoms with van der Waals surface area (Å²) in [4.78, 5) is 9.69. The summed E-state index contributed by atoms with van der Waals surface area (Å²) in [5.74, 6) is 0. The van der Waals surface area contributed by atoms with Crippen LogP contribution in [0.3, 0.4) is 0 Å². The minimum atomic E-state index is -0.410. The van der Waals surface area contributed by atoms with Gasteiger partial charge < -0.3 is 15.2 Å². The first-order valence-electron chi connectivity index (χ1n) is 4.61. The minimum Gasteiger partial charge on any atom is -0.461 e. The molecule has 0 aliphatic heterocycles. The largest absolute Gasteiger partial charge is 0.461 e. The second kappa shape index (κ2) is 13.9. The third-order valence-electron chi connectivity index (χ3n) is 1.38. The van der Waals surface area contributed by atoms with Gasteiger partial charge in [-0.25, -0.2) is 0 Å². The van der Waals surface area contributed by atoms with Crippen molar-refractivity contribution in [1.82, 2.24) is 5.32 Å². The normalized spacial score (nSPS) is 11.1. The van der Waals surface area contributed by atoms with Gasteiger partial charge in [-0.05, 0) is 7.05 Å². The summed E-state index contributed by atoms with van der Waals surface area (Å²) in [6.45, 7) is 5.03. The van der Waals surface area contributed by atoms with E-state index in [0.29, 0.717) is 13.0 Å². The van der Waals surface area contributed by atoms with Crippen LogP contribution in [0, 0.1) is 0 Å². The van der Waals surface area contributed by atoms with Gasteiger partial charge in [-0.3, -0.25) is 4.79 Å². The Hall–Kier alpha value is -0.610. The van der Waals surface area contributed by atoms with Crippen LogP contribution in [-0.2, 0) is 9.53 Å². The number of ether oxygens (including phenoxy) is 1. The predicted molar refractivity (Wildman–Crippen MR) is 52.5 cm³/mol. The Bertz CT molecular complexity index is 96.9. The fourth-order valence-corrected chi connectivity index (χ4v) is 0.462. The lowest BCUT2D eigenvalue weighted by molar-refractivity contribution is -0.135. The number of carbonyl (C=O) groups excluding carboxylic acids is 1. The monoisotopic (exact) mass is 191 g/mol. The molecule has 0 heterocycles. The molecule has 13 heavy (non-hydrogen) atoms. The van der Waals surface area contributed by atoms with Gasteiger partial charge in [0.1, 0.15) is 6.10 Å². The first-order valence-corrected chi connectivity index (χ1v) is 4.61. The van der Waals surface area contributed by atoms with E-state index in [1.807, 2.05) is 0 Å². The third-order valence-corrected chi connectivity index (χ3v) is 1.38. The molecule has 1 atom stereocenters. The second-order valence-electron chi connectivity index (χ2n) is 2.59. The van der Waals surface area contributed by atoms with Crippen molar-refractivity contribution in [2.45, 2.75) is 32.8 Å². The van der Waals surface area contributed by atoms with Gasteiger partial charge in [0.2, 0.25) is 0 Å². The van der Waals surface area contributed by atoms with Crippen molar-refractivity contribution < 1.29 is 14.6 Å². The van der Waals surface area contributed by atoms with Crippen LogP contribution in [0.1, 0.15) is 26.7 Å². The summed E-state index contributed by atoms with van der Waals surface area (Å²) in [5, 5.41) is 11.2. The van der Waals surface area contributed by atoms with E-state index in [4.69, 9.17) is 5.11 Å². The summed E-state index contributed by atoms with van der Waals surface area (Å²) in [6, 6.07) is 0. The highest BCUT2D eigenvalue weighted by atomic mass is 16.5. The number of rotatable bonds is 6. The van der Waals surface area contributed by atoms with Gasteiger partial charge >= 0.3 is 0 Å². The topological polar surface area (TPSA) is 58.6 Å². The lowest BCUT2D eigenvalue weighted by atomic mass is 10.4. The maximum Gasteiger partial charge on any atom is 0.293 e. The first-order chi connectivity index (χ1) is 6.26. The number of nitrogens with one attached hydrogen (secondary N) is 1. The van der Waals surface area contributed by atoms with E-state index in [1.54, 1.807) is 7.05 Å². The second-order valence-corrected chi connectivity index (χ2v) is 2.59. The van der Waals surface area contributed by atoms with Gasteiger partial charge in [0, 0.05) is 6.54 Å². The molecular formula is C9H21NO3. The van der Waals surface area contributed by atoms with Gasteiger partial charge in [0.25, 0.3) is 6.47 Å². The molecule has 0 spiro atoms. The molecule has 0 fully saturated rings. The molecule has 0 saturated heterocycles. The maximum absolute atomic E-state index is 9.69. The molecule has 4 nitrogen and oxygen atoms in total. The van der Waals surface area contributed by atoms with Gasteiger partial charge in [-0.1, -0.05) is 26.7 Å². The number of aliphatic hydroxyl groups is 1. The molecular weight excluding hydrogens is 170 g/mol. The van der Waals surface area contributed by atoms with Crippen LogP contribution in [0.15, 0.2) is 0 Å². The van der Waals surface area contributed by atoms with Gasteiger partial charge in [-0.15, -0.1) is 0 Å². The van der Waals surface area contributed by atoms with E-state index in [0.717, 1.165) is 0 Å². The lowest BCUT2D eigenvalue weighted by Gasteiger charge is -2.09. The number of hydrogen-bond acceptors (Lipinski definition) is 4. The van der Waals surface area contributed by atoms with Crippen LogP contribution in [0.25, 0.3) is 0 Å². The predicted octanol–water partition coefficient (Wildman–Crippen LogP) is 0.546. The molecule has 0 aliphatic rings. The van der Waals surface area contributed by atoms with Crippen LogP contribution in [-0.4, -0.2) is 37.9 Å². The van der Waals surface area contributed by atoms with Crippen molar-refractivity contribution in [3.63, 3.8) is 0 Å². The molecule has 0 rings (SSSR count). The van der Waals surface area contributed by atoms with Crippen molar-refractivity contribution >= 4 is 6.47 Å². The Morgan fingerprint density at radius 3 is 2.23 bits per heavy atom. The summed E-state index contributed by atoms with van der Waals surface area (Å²) in [5.41, 5.74) is 0. The van der Waals surface area contributed by atoms with Crippen LogP contribution in [0.2, 0.25) is 0 Å². The summed E-state index contributed by atoms with van der Waals surface area (Å²) >= 11 is 0. The lowest BCUT2D eigenvalue weighted by Crippen LogP contribution is -2.29. The Kier molecular flexibility index (Phi) is 16.0. The quantitative estimate of drug-likeness (QED) is 0.602. The summed E-state index contributed by atoms with van der Waals surface area (Å²) in [6.07, 6.45) is 2.23. The van der Waals surface area contributed by atoms with Crippen molar-refractivity contribution in [3.8, 4) is 0 Å². The molecule has 0 amide bonds. The average molecular weight is 191 g/mol. The van der Waals surface area contributed by atoms with Crippen molar-refractivity contribution in [3.05, 3.63) is 0 Å². The van der Waals surface area contributed by atoms with Gasteiger partial charge in [0.05, 0.1) is 6.61 Å². The minimum absolute atomic E-state index is 0.139. The smallest absolute Gasteiger partial charge is 0.293 e. The molecule has 0 aliphatic carbocycles. The number of likely N-dealkylation sites (N-methyl/N-ethyl adjacent to an activating group) is 1. The van der Waals surface area contributed by atoms with E-state index in [9.17, 15) is 4.79 Å². The molecule has 0 radical (unpaired) electrons. The number of unbranched alkanes of at least 4 members (excludes halogenated alkanes) is 1. The van der Waals surface area contributed by atoms with Gasteiger partial charge in [-0.2, -0.15) is 0 Å². The van der Waals surface area contributed by atoms with Crippen molar-refractivity contribution in [2.75, 3.05) is 20.2 Å². The molecule has 0 aromatic heterocycles. The molecule has 2 N–H and O–H groups in total. The number of carbonyl (C=O) groups is 1. The summed E-state index contributed by atoms with van der Waals surface area (Å²) in [7, 11) is 1.72. The zero-order chi connectivity index (χ0) is 10.5. The number of hydrogen-bond donors (Lipinski definition) is 2. The molecule has 0 aromatic rings. The Labute approximate surface area is 80.3 Å². The zero-order valence-corrected chi connectivity index (χ0v) is 8.75. The molecule has 80 valence electrons. The molecule has 0 saturated carbocycles. The van der Waals surface area contributed by atoms with Crippen molar-refractivity contribution in [2.24, 2.45) is 0 Å². The van der Waals surface area contributed by atoms with E-state index >= 15 is 0 Å². The van der Waals surface area contributed by atoms with E-state index in [1.165, 1.54) is 12.8 Å². The van der Waals surface area contributed by atoms with Gasteiger partial charge in [0.15, 0.2) is 0 Å². The van der Waals surface area contributed by atoms with Crippen LogP contribution >= 0.6 is 0 Å². The average Bonchev–Trinajstić information content (AvgIpc) is 2.18. The SMILES string of the molecule is CCCC.CNCC(CO)OC=O. The first kappa shape index (κ1) is 14.9. The highest BCUT2D eigenvalue weighted by Crippen LogP contribution is 1.83. The standard InChI is InChI=1S/C5H11NO3.C4H10/c1-6-2-5(3-7)9-4-8;1-3-4-2/h4-7H,2-3H2,1H3;3-4H2,1-2H3. The number of aliphatic hydroxyl groups excluding tert-OH is 1. The van der Waals surface area contributed by atoms with Crippen LogP contribution in [0.5, 0.6) is 0 Å². The Balaban J connectivity index is 0. The third kappa shape index (κ3) is 14.3. The fourth-order valence-electron chi connectivity index (χ4n) is 0.462. The van der Waals surface area contributed by atoms with Crippen molar-refractivity contribution in [1.29, 1.82) is 0 Å². The molecule has 1 unspecified atom stereocenters. The highest BCUT2D eigenvalue weighted by Gasteiger charge is 2.03. The van der Waals surface area contributed by atoms with E-state index < -0.39 is 6.10 Å². The van der Waals surface area contributed by atoms with Crippen LogP contribution < -0.4 is 5.32 Å². The molecule has 0 bridgehead atoms. The highest BCUT2D eigenvalue weighted by molar-refractivity contribution is 5.37. The Morgan fingerprint density at radius 1 is 1.46 bits per heavy atom.